The summed E-state index contributed by atoms with van der Waals surface area (Å²) in [6.07, 6.45) is 28.7. The largest absolute Gasteiger partial charge is 0.478 e. The third-order valence-electron chi connectivity index (χ3n) is 4.69. The molecule has 0 heterocycles. The van der Waals surface area contributed by atoms with E-state index in [1.807, 2.05) is 0 Å². The summed E-state index contributed by atoms with van der Waals surface area (Å²) in [7, 11) is 0. The summed E-state index contributed by atoms with van der Waals surface area (Å²) in [6, 6.07) is 0. The number of carboxylic acid groups (broad SMARTS) is 1. The molecule has 0 radical (unpaired) electrons. The van der Waals surface area contributed by atoms with Crippen LogP contribution in [0.5, 0.6) is 0 Å². The van der Waals surface area contributed by atoms with Gasteiger partial charge in [0.15, 0.2) is 0 Å². The fourth-order valence-electron chi connectivity index (χ4n) is 3.01. The summed E-state index contributed by atoms with van der Waals surface area (Å²) in [5.74, 6) is -0.968. The Morgan fingerprint density at radius 2 is 1.30 bits per heavy atom. The number of unbranched alkanes of at least 4 members (excludes halogenated alkanes) is 12. The van der Waals surface area contributed by atoms with Crippen molar-refractivity contribution in [3.63, 3.8) is 0 Å². The number of carboxylic acids is 1. The number of hydrogen-bond donors (Lipinski definition) is 2. The second kappa shape index (κ2) is 21.0. The minimum absolute atomic E-state index is 0.468. The number of aliphatic hydroxyl groups is 1. The van der Waals surface area contributed by atoms with Gasteiger partial charge >= 0.3 is 5.97 Å². The number of carbonyl (C=O) groups is 1. The van der Waals surface area contributed by atoms with Crippen LogP contribution in [0.3, 0.4) is 0 Å². The van der Waals surface area contributed by atoms with Crippen molar-refractivity contribution in [3.8, 4) is 0 Å². The molecule has 3 heteroatoms. The van der Waals surface area contributed by atoms with E-state index in [0.717, 1.165) is 18.9 Å². The van der Waals surface area contributed by atoms with Crippen LogP contribution in [0.15, 0.2) is 36.5 Å². The van der Waals surface area contributed by atoms with E-state index in [9.17, 15) is 9.90 Å². The number of aliphatic carboxylic acids is 1. The third kappa shape index (κ3) is 22.6. The van der Waals surface area contributed by atoms with Gasteiger partial charge < -0.3 is 10.2 Å². The lowest BCUT2D eigenvalue weighted by molar-refractivity contribution is -0.131. The normalized spacial score (nSPS) is 13.3. The Balaban J connectivity index is 3.27. The number of rotatable bonds is 19. The first-order chi connectivity index (χ1) is 13.2. The molecule has 0 saturated carbocycles. The second-order valence-corrected chi connectivity index (χ2v) is 7.38. The number of hydrogen-bond acceptors (Lipinski definition) is 2. The Labute approximate surface area is 167 Å². The van der Waals surface area contributed by atoms with Crippen LogP contribution < -0.4 is 0 Å². The van der Waals surface area contributed by atoms with Crippen molar-refractivity contribution in [2.24, 2.45) is 0 Å². The van der Waals surface area contributed by atoms with Crippen molar-refractivity contribution in [2.75, 3.05) is 0 Å². The molecule has 156 valence electrons. The van der Waals surface area contributed by atoms with Gasteiger partial charge in [0.1, 0.15) is 0 Å². The maximum absolute atomic E-state index is 10.3. The zero-order valence-electron chi connectivity index (χ0n) is 17.5. The minimum Gasteiger partial charge on any atom is -0.478 e. The first-order valence-electron chi connectivity index (χ1n) is 11.1. The maximum Gasteiger partial charge on any atom is 0.328 e. The molecule has 0 aliphatic heterocycles. The van der Waals surface area contributed by atoms with Gasteiger partial charge in [-0.25, -0.2) is 4.79 Å². The molecule has 0 aliphatic carbocycles. The van der Waals surface area contributed by atoms with Gasteiger partial charge in [0, 0.05) is 6.08 Å². The average molecular weight is 379 g/mol. The standard InChI is InChI=1S/C24H42O3/c1-2-3-4-5-6-7-8-9-10-11-12-13-14-15-16-17-20-23(25)21-18-19-22-24(26)27/h5-6,18-19,21-23,25H,2-4,7-17,20H2,1H3,(H,26,27)/b6-5-,21-18-,22-19+/t23-/m0/s1. The monoisotopic (exact) mass is 378 g/mol. The Kier molecular flexibility index (Phi) is 19.9. The summed E-state index contributed by atoms with van der Waals surface area (Å²) in [5, 5.41) is 18.2. The highest BCUT2D eigenvalue weighted by atomic mass is 16.4. The molecule has 1 atom stereocenters. The minimum atomic E-state index is -0.968. The topological polar surface area (TPSA) is 57.5 Å². The molecule has 2 N–H and O–H groups in total. The summed E-state index contributed by atoms with van der Waals surface area (Å²) < 4.78 is 0. The van der Waals surface area contributed by atoms with Crippen LogP contribution in [0.1, 0.15) is 103 Å². The van der Waals surface area contributed by atoms with Gasteiger partial charge in [-0.05, 0) is 25.7 Å². The van der Waals surface area contributed by atoms with Gasteiger partial charge in [-0.3, -0.25) is 0 Å². The van der Waals surface area contributed by atoms with E-state index >= 15 is 0 Å². The van der Waals surface area contributed by atoms with Gasteiger partial charge in [-0.2, -0.15) is 0 Å². The molecule has 0 aromatic rings. The lowest BCUT2D eigenvalue weighted by Crippen LogP contribution is -2.01. The third-order valence-corrected chi connectivity index (χ3v) is 4.69. The van der Waals surface area contributed by atoms with Crippen molar-refractivity contribution < 1.29 is 15.0 Å². The Bertz CT molecular complexity index is 410. The highest BCUT2D eigenvalue weighted by Gasteiger charge is 1.98. The zero-order chi connectivity index (χ0) is 20.0. The molecule has 0 unspecified atom stereocenters. The quantitative estimate of drug-likeness (QED) is 0.110. The molecule has 0 aromatic carbocycles. The van der Waals surface area contributed by atoms with Gasteiger partial charge in [-0.15, -0.1) is 0 Å². The van der Waals surface area contributed by atoms with Crippen molar-refractivity contribution >= 4 is 5.97 Å². The molecule has 27 heavy (non-hydrogen) atoms. The lowest BCUT2D eigenvalue weighted by atomic mass is 10.0. The average Bonchev–Trinajstić information content (AvgIpc) is 2.64. The van der Waals surface area contributed by atoms with Crippen molar-refractivity contribution in [1.82, 2.24) is 0 Å². The molecule has 0 aliphatic rings. The van der Waals surface area contributed by atoms with E-state index < -0.39 is 12.1 Å². The Morgan fingerprint density at radius 1 is 0.778 bits per heavy atom. The van der Waals surface area contributed by atoms with Crippen LogP contribution in [-0.2, 0) is 4.79 Å². The van der Waals surface area contributed by atoms with Gasteiger partial charge in [0.05, 0.1) is 6.10 Å². The molecule has 0 rings (SSSR count). The van der Waals surface area contributed by atoms with E-state index in [2.05, 4.69) is 19.1 Å². The molecular formula is C24H42O3. The predicted molar refractivity (Wildman–Crippen MR) is 116 cm³/mol. The van der Waals surface area contributed by atoms with Crippen molar-refractivity contribution in [1.29, 1.82) is 0 Å². The number of aliphatic hydroxyl groups excluding tert-OH is 1. The SMILES string of the molecule is CCCC/C=C\CCCCCCCCCCCC[C@H](O)/C=C\C=C\C(=O)O. The van der Waals surface area contributed by atoms with Crippen LogP contribution in [0.2, 0.25) is 0 Å². The fourth-order valence-corrected chi connectivity index (χ4v) is 3.01. The van der Waals surface area contributed by atoms with E-state index in [4.69, 9.17) is 5.11 Å². The molecule has 0 fully saturated rings. The first kappa shape index (κ1) is 25.6. The summed E-state index contributed by atoms with van der Waals surface area (Å²) in [4.78, 5) is 10.3. The lowest BCUT2D eigenvalue weighted by Gasteiger charge is -2.05. The Hall–Kier alpha value is -1.35. The highest BCUT2D eigenvalue weighted by molar-refractivity contribution is 5.80. The van der Waals surface area contributed by atoms with E-state index in [0.29, 0.717) is 0 Å². The van der Waals surface area contributed by atoms with Crippen LogP contribution in [0.25, 0.3) is 0 Å². The van der Waals surface area contributed by atoms with Crippen LogP contribution in [0, 0.1) is 0 Å². The molecular weight excluding hydrogens is 336 g/mol. The number of allylic oxidation sites excluding steroid dienone is 4. The first-order valence-corrected chi connectivity index (χ1v) is 11.1. The molecule has 0 spiro atoms. The highest BCUT2D eigenvalue weighted by Crippen LogP contribution is 2.13. The smallest absolute Gasteiger partial charge is 0.328 e. The van der Waals surface area contributed by atoms with Gasteiger partial charge in [-0.1, -0.05) is 108 Å². The van der Waals surface area contributed by atoms with Crippen LogP contribution in [-0.4, -0.2) is 22.3 Å². The molecule has 3 nitrogen and oxygen atoms in total. The molecule has 0 aromatic heterocycles. The van der Waals surface area contributed by atoms with Crippen molar-refractivity contribution in [2.45, 2.75) is 109 Å². The summed E-state index contributed by atoms with van der Waals surface area (Å²) in [6.45, 7) is 2.24. The Morgan fingerprint density at radius 3 is 1.85 bits per heavy atom. The maximum atomic E-state index is 10.3. The van der Waals surface area contributed by atoms with Crippen LogP contribution in [0.4, 0.5) is 0 Å². The van der Waals surface area contributed by atoms with E-state index in [1.54, 1.807) is 12.2 Å². The zero-order valence-corrected chi connectivity index (χ0v) is 17.5. The second-order valence-electron chi connectivity index (χ2n) is 7.38. The fraction of sp³-hybridized carbons (Fsp3) is 0.708. The molecule has 0 amide bonds. The molecule has 0 saturated heterocycles. The van der Waals surface area contributed by atoms with Gasteiger partial charge in [0.25, 0.3) is 0 Å². The van der Waals surface area contributed by atoms with Crippen molar-refractivity contribution in [3.05, 3.63) is 36.5 Å². The summed E-state index contributed by atoms with van der Waals surface area (Å²) in [5.41, 5.74) is 0. The molecule has 0 bridgehead atoms. The summed E-state index contributed by atoms with van der Waals surface area (Å²) >= 11 is 0. The van der Waals surface area contributed by atoms with E-state index in [-0.39, 0.29) is 0 Å². The van der Waals surface area contributed by atoms with Crippen LogP contribution >= 0.6 is 0 Å². The predicted octanol–water partition coefficient (Wildman–Crippen LogP) is 6.97. The van der Waals surface area contributed by atoms with Gasteiger partial charge in [0.2, 0.25) is 0 Å². The van der Waals surface area contributed by atoms with E-state index in [1.165, 1.54) is 89.5 Å².